The highest BCUT2D eigenvalue weighted by Gasteiger charge is 2.14. The zero-order valence-corrected chi connectivity index (χ0v) is 10.2. The Hall–Kier alpha value is -1.84. The molecule has 0 aromatic heterocycles. The van der Waals surface area contributed by atoms with Crippen molar-refractivity contribution in [3.63, 3.8) is 0 Å². The highest BCUT2D eigenvalue weighted by Crippen LogP contribution is 2.19. The van der Waals surface area contributed by atoms with Gasteiger partial charge in [0.2, 0.25) is 5.91 Å². The van der Waals surface area contributed by atoms with E-state index in [4.69, 9.17) is 5.11 Å². The zero-order valence-electron chi connectivity index (χ0n) is 10.2. The number of carboxylic acid groups (broad SMARTS) is 1. The van der Waals surface area contributed by atoms with Crippen LogP contribution in [0.5, 0.6) is 0 Å². The third-order valence-electron chi connectivity index (χ3n) is 2.55. The van der Waals surface area contributed by atoms with Gasteiger partial charge in [-0.2, -0.15) is 0 Å². The van der Waals surface area contributed by atoms with Gasteiger partial charge in [0, 0.05) is 11.6 Å². The van der Waals surface area contributed by atoms with Crippen molar-refractivity contribution in [3.05, 3.63) is 29.8 Å². The van der Waals surface area contributed by atoms with Crippen molar-refractivity contribution in [1.29, 1.82) is 0 Å². The molecule has 1 unspecified atom stereocenters. The van der Waals surface area contributed by atoms with E-state index in [9.17, 15) is 9.59 Å². The Kier molecular flexibility index (Phi) is 4.26. The molecule has 0 aliphatic heterocycles. The Morgan fingerprint density at radius 3 is 2.41 bits per heavy atom. The Balaban J connectivity index is 2.86. The first-order valence-corrected chi connectivity index (χ1v) is 5.55. The van der Waals surface area contributed by atoms with Gasteiger partial charge in [0.05, 0.1) is 5.92 Å². The summed E-state index contributed by atoms with van der Waals surface area (Å²) in [7, 11) is 0. The van der Waals surface area contributed by atoms with Crippen molar-refractivity contribution in [2.45, 2.75) is 26.7 Å². The molecular weight excluding hydrogens is 218 g/mol. The number of aliphatic carboxylic acids is 1. The highest BCUT2D eigenvalue weighted by atomic mass is 16.4. The summed E-state index contributed by atoms with van der Waals surface area (Å²) in [5.41, 5.74) is 1.31. The minimum atomic E-state index is -0.877. The highest BCUT2D eigenvalue weighted by molar-refractivity contribution is 5.92. The topological polar surface area (TPSA) is 66.4 Å². The van der Waals surface area contributed by atoms with E-state index in [-0.39, 0.29) is 11.8 Å². The lowest BCUT2D eigenvalue weighted by Crippen LogP contribution is -2.18. The van der Waals surface area contributed by atoms with Crippen LogP contribution in [-0.4, -0.2) is 17.0 Å². The van der Waals surface area contributed by atoms with Crippen molar-refractivity contribution in [3.8, 4) is 0 Å². The molecule has 1 amide bonds. The molecule has 0 saturated heterocycles. The fourth-order valence-corrected chi connectivity index (χ4v) is 1.31. The molecule has 1 aromatic rings. The summed E-state index contributed by atoms with van der Waals surface area (Å²) in [6.45, 7) is 5.23. The predicted octanol–water partition coefficient (Wildman–Crippen LogP) is 2.47. The van der Waals surface area contributed by atoms with Crippen molar-refractivity contribution in [2.75, 3.05) is 5.32 Å². The van der Waals surface area contributed by atoms with Gasteiger partial charge in [-0.15, -0.1) is 0 Å². The maximum atomic E-state index is 11.5. The largest absolute Gasteiger partial charge is 0.481 e. The van der Waals surface area contributed by atoms with Crippen molar-refractivity contribution < 1.29 is 14.7 Å². The average molecular weight is 235 g/mol. The lowest BCUT2D eigenvalue weighted by Gasteiger charge is -2.11. The minimum absolute atomic E-state index is 0.0786. The summed E-state index contributed by atoms with van der Waals surface area (Å²) in [4.78, 5) is 22.4. The van der Waals surface area contributed by atoms with Crippen LogP contribution in [0, 0.1) is 5.92 Å². The van der Waals surface area contributed by atoms with Gasteiger partial charge < -0.3 is 10.4 Å². The number of benzene rings is 1. The smallest absolute Gasteiger partial charge is 0.310 e. The number of carbonyl (C=O) groups excluding carboxylic acids is 1. The van der Waals surface area contributed by atoms with E-state index in [0.717, 1.165) is 0 Å². The molecule has 0 heterocycles. The van der Waals surface area contributed by atoms with Crippen LogP contribution in [0.4, 0.5) is 5.69 Å². The molecule has 2 N–H and O–H groups in total. The maximum Gasteiger partial charge on any atom is 0.310 e. The molecular formula is C13H17NO3. The number of hydrogen-bond acceptors (Lipinski definition) is 2. The molecule has 0 bridgehead atoms. The summed E-state index contributed by atoms with van der Waals surface area (Å²) in [5.74, 6) is -1.64. The van der Waals surface area contributed by atoms with Gasteiger partial charge in [0.1, 0.15) is 0 Å². The number of rotatable bonds is 4. The summed E-state index contributed by atoms with van der Waals surface area (Å²) >= 11 is 0. The van der Waals surface area contributed by atoms with Gasteiger partial charge in [-0.3, -0.25) is 9.59 Å². The van der Waals surface area contributed by atoms with Gasteiger partial charge in [-0.25, -0.2) is 0 Å². The zero-order chi connectivity index (χ0) is 13.0. The average Bonchev–Trinajstić information content (AvgIpc) is 2.28. The van der Waals surface area contributed by atoms with E-state index >= 15 is 0 Å². The number of hydrogen-bond donors (Lipinski definition) is 2. The second kappa shape index (κ2) is 5.48. The van der Waals surface area contributed by atoms with Crippen LogP contribution in [0.25, 0.3) is 0 Å². The molecule has 1 aromatic carbocycles. The first-order valence-electron chi connectivity index (χ1n) is 5.55. The lowest BCUT2D eigenvalue weighted by molar-refractivity contribution is -0.138. The molecule has 17 heavy (non-hydrogen) atoms. The Labute approximate surface area is 101 Å². The fourth-order valence-electron chi connectivity index (χ4n) is 1.31. The minimum Gasteiger partial charge on any atom is -0.481 e. The summed E-state index contributed by atoms with van der Waals surface area (Å²) in [5, 5.41) is 11.7. The Morgan fingerprint density at radius 1 is 1.24 bits per heavy atom. The summed E-state index contributed by atoms with van der Waals surface area (Å²) < 4.78 is 0. The van der Waals surface area contributed by atoms with E-state index in [0.29, 0.717) is 11.3 Å². The third-order valence-corrected chi connectivity index (χ3v) is 2.55. The van der Waals surface area contributed by atoms with Gasteiger partial charge in [0.15, 0.2) is 0 Å². The second-order valence-corrected chi connectivity index (χ2v) is 4.33. The Bertz CT molecular complexity index is 426. The summed E-state index contributed by atoms with van der Waals surface area (Å²) in [6, 6.07) is 6.92. The maximum absolute atomic E-state index is 11.5. The van der Waals surface area contributed by atoms with E-state index in [1.165, 1.54) is 0 Å². The summed E-state index contributed by atoms with van der Waals surface area (Å²) in [6.07, 6.45) is 0. The molecule has 1 rings (SSSR count). The molecule has 4 heteroatoms. The van der Waals surface area contributed by atoms with Crippen LogP contribution in [0.15, 0.2) is 24.3 Å². The SMILES string of the molecule is CC(C)C(=O)Nc1cccc(C(C)C(=O)O)c1. The van der Waals surface area contributed by atoms with Crippen molar-refractivity contribution >= 4 is 17.6 Å². The standard InChI is InChI=1S/C13H17NO3/c1-8(2)12(15)14-11-6-4-5-10(7-11)9(3)13(16)17/h4-9H,1-3H3,(H,14,15)(H,16,17). The fraction of sp³-hybridized carbons (Fsp3) is 0.385. The number of carboxylic acids is 1. The number of amides is 1. The van der Waals surface area contributed by atoms with Crippen LogP contribution in [0.1, 0.15) is 32.3 Å². The van der Waals surface area contributed by atoms with Crippen LogP contribution in [-0.2, 0) is 9.59 Å². The van der Waals surface area contributed by atoms with E-state index < -0.39 is 11.9 Å². The van der Waals surface area contributed by atoms with Crippen LogP contribution >= 0.6 is 0 Å². The van der Waals surface area contributed by atoms with E-state index in [1.54, 1.807) is 45.0 Å². The predicted molar refractivity (Wildman–Crippen MR) is 66.0 cm³/mol. The van der Waals surface area contributed by atoms with Crippen LogP contribution in [0.2, 0.25) is 0 Å². The molecule has 0 aliphatic carbocycles. The molecule has 0 fully saturated rings. The van der Waals surface area contributed by atoms with E-state index in [1.807, 2.05) is 0 Å². The lowest BCUT2D eigenvalue weighted by atomic mass is 10.0. The molecule has 0 saturated carbocycles. The monoisotopic (exact) mass is 235 g/mol. The molecule has 92 valence electrons. The van der Waals surface area contributed by atoms with Crippen LogP contribution in [0.3, 0.4) is 0 Å². The number of carbonyl (C=O) groups is 2. The van der Waals surface area contributed by atoms with Gasteiger partial charge in [-0.05, 0) is 24.6 Å². The first kappa shape index (κ1) is 13.2. The Morgan fingerprint density at radius 2 is 1.88 bits per heavy atom. The molecule has 0 spiro atoms. The van der Waals surface area contributed by atoms with Crippen LogP contribution < -0.4 is 5.32 Å². The van der Waals surface area contributed by atoms with Crippen molar-refractivity contribution in [2.24, 2.45) is 5.92 Å². The normalized spacial score (nSPS) is 12.2. The molecule has 0 aliphatic rings. The van der Waals surface area contributed by atoms with Gasteiger partial charge in [0.25, 0.3) is 0 Å². The third kappa shape index (κ3) is 3.59. The first-order chi connectivity index (χ1) is 7.91. The molecule has 0 radical (unpaired) electrons. The van der Waals surface area contributed by atoms with Gasteiger partial charge in [-0.1, -0.05) is 26.0 Å². The van der Waals surface area contributed by atoms with E-state index in [2.05, 4.69) is 5.32 Å². The molecule has 1 atom stereocenters. The number of nitrogens with one attached hydrogen (secondary N) is 1. The second-order valence-electron chi connectivity index (χ2n) is 4.33. The molecule has 4 nitrogen and oxygen atoms in total. The van der Waals surface area contributed by atoms with Gasteiger partial charge >= 0.3 is 5.97 Å². The number of anilines is 1. The van der Waals surface area contributed by atoms with Crippen molar-refractivity contribution in [1.82, 2.24) is 0 Å². The quantitative estimate of drug-likeness (QED) is 0.842.